The SMILES string of the molecule is CSCCC(NC(=O)N1CCC(CO)C1)C(=O)O. The molecule has 0 aromatic heterocycles. The number of carboxylic acids is 1. The van der Waals surface area contributed by atoms with Crippen LogP contribution in [0.3, 0.4) is 0 Å². The first-order valence-electron chi connectivity index (χ1n) is 5.96. The van der Waals surface area contributed by atoms with Gasteiger partial charge in [-0.05, 0) is 24.9 Å². The zero-order valence-corrected chi connectivity index (χ0v) is 11.3. The van der Waals surface area contributed by atoms with Gasteiger partial charge in [0.15, 0.2) is 0 Å². The molecular weight excluding hydrogens is 256 g/mol. The molecule has 1 aliphatic rings. The molecule has 1 aliphatic heterocycles. The molecule has 0 bridgehead atoms. The summed E-state index contributed by atoms with van der Waals surface area (Å²) in [6, 6.07) is -1.18. The van der Waals surface area contributed by atoms with E-state index in [1.54, 1.807) is 16.7 Å². The fraction of sp³-hybridized carbons (Fsp3) is 0.818. The smallest absolute Gasteiger partial charge is 0.326 e. The van der Waals surface area contributed by atoms with Crippen LogP contribution in [0.25, 0.3) is 0 Å². The van der Waals surface area contributed by atoms with Crippen LogP contribution in [0, 0.1) is 5.92 Å². The van der Waals surface area contributed by atoms with Gasteiger partial charge in [-0.25, -0.2) is 9.59 Å². The molecule has 18 heavy (non-hydrogen) atoms. The number of hydrogen-bond donors (Lipinski definition) is 3. The summed E-state index contributed by atoms with van der Waals surface area (Å²) in [5.74, 6) is -0.197. The lowest BCUT2D eigenvalue weighted by molar-refractivity contribution is -0.139. The predicted molar refractivity (Wildman–Crippen MR) is 69.7 cm³/mol. The number of hydrogen-bond acceptors (Lipinski definition) is 4. The second kappa shape index (κ2) is 7.48. The molecule has 0 aromatic rings. The summed E-state index contributed by atoms with van der Waals surface area (Å²) in [5, 5.41) is 20.5. The van der Waals surface area contributed by atoms with E-state index in [9.17, 15) is 9.59 Å². The van der Waals surface area contributed by atoms with Crippen molar-refractivity contribution in [2.24, 2.45) is 5.92 Å². The molecule has 0 radical (unpaired) electrons. The first kappa shape index (κ1) is 15.1. The van der Waals surface area contributed by atoms with Crippen LogP contribution in [0.15, 0.2) is 0 Å². The van der Waals surface area contributed by atoms with E-state index >= 15 is 0 Å². The van der Waals surface area contributed by atoms with Crippen molar-refractivity contribution in [3.63, 3.8) is 0 Å². The molecule has 104 valence electrons. The Morgan fingerprint density at radius 2 is 2.28 bits per heavy atom. The molecule has 0 aliphatic carbocycles. The van der Waals surface area contributed by atoms with Gasteiger partial charge in [0.2, 0.25) is 0 Å². The van der Waals surface area contributed by atoms with E-state index in [-0.39, 0.29) is 18.6 Å². The summed E-state index contributed by atoms with van der Waals surface area (Å²) in [5.41, 5.74) is 0. The fourth-order valence-corrected chi connectivity index (χ4v) is 2.37. The average molecular weight is 276 g/mol. The topological polar surface area (TPSA) is 89.9 Å². The summed E-state index contributed by atoms with van der Waals surface area (Å²) in [4.78, 5) is 24.4. The van der Waals surface area contributed by atoms with Crippen LogP contribution in [-0.4, -0.2) is 64.9 Å². The van der Waals surface area contributed by atoms with Crippen LogP contribution >= 0.6 is 11.8 Å². The van der Waals surface area contributed by atoms with Gasteiger partial charge in [0.1, 0.15) is 6.04 Å². The number of nitrogens with zero attached hydrogens (tertiary/aromatic N) is 1. The third kappa shape index (κ3) is 4.38. The first-order valence-corrected chi connectivity index (χ1v) is 7.36. The lowest BCUT2D eigenvalue weighted by atomic mass is 10.1. The van der Waals surface area contributed by atoms with Crippen LogP contribution in [0.4, 0.5) is 4.79 Å². The second-order valence-electron chi connectivity index (χ2n) is 4.41. The molecule has 0 saturated carbocycles. The second-order valence-corrected chi connectivity index (χ2v) is 5.39. The van der Waals surface area contributed by atoms with Crippen molar-refractivity contribution in [3.8, 4) is 0 Å². The van der Waals surface area contributed by atoms with Crippen molar-refractivity contribution in [2.45, 2.75) is 18.9 Å². The minimum Gasteiger partial charge on any atom is -0.480 e. The maximum atomic E-state index is 11.8. The number of thioether (sulfide) groups is 1. The molecule has 2 atom stereocenters. The summed E-state index contributed by atoms with van der Waals surface area (Å²) in [6.07, 6.45) is 3.08. The molecule has 2 unspecified atom stereocenters. The van der Waals surface area contributed by atoms with Gasteiger partial charge < -0.3 is 20.4 Å². The molecule has 1 fully saturated rings. The number of aliphatic hydroxyl groups excluding tert-OH is 1. The molecule has 1 heterocycles. The Morgan fingerprint density at radius 3 is 2.78 bits per heavy atom. The monoisotopic (exact) mass is 276 g/mol. The Labute approximate surface area is 111 Å². The highest BCUT2D eigenvalue weighted by atomic mass is 32.2. The maximum absolute atomic E-state index is 11.8. The molecular formula is C11H20N2O4S. The van der Waals surface area contributed by atoms with E-state index in [0.29, 0.717) is 25.3 Å². The number of aliphatic hydroxyl groups is 1. The van der Waals surface area contributed by atoms with Gasteiger partial charge in [0.25, 0.3) is 0 Å². The van der Waals surface area contributed by atoms with E-state index in [1.165, 1.54) is 0 Å². The van der Waals surface area contributed by atoms with Crippen LogP contribution in [0.2, 0.25) is 0 Å². The minimum absolute atomic E-state index is 0.0681. The number of carbonyl (C=O) groups is 2. The van der Waals surface area contributed by atoms with Gasteiger partial charge in [0.05, 0.1) is 0 Å². The average Bonchev–Trinajstić information content (AvgIpc) is 2.82. The Morgan fingerprint density at radius 1 is 1.56 bits per heavy atom. The highest BCUT2D eigenvalue weighted by Gasteiger charge is 2.28. The Kier molecular flexibility index (Phi) is 6.28. The van der Waals surface area contributed by atoms with Crippen molar-refractivity contribution in [2.75, 3.05) is 31.7 Å². The van der Waals surface area contributed by atoms with Gasteiger partial charge >= 0.3 is 12.0 Å². The predicted octanol–water partition coefficient (Wildman–Crippen LogP) is 0.216. The largest absolute Gasteiger partial charge is 0.480 e. The Bertz CT molecular complexity index is 301. The van der Waals surface area contributed by atoms with Crippen molar-refractivity contribution >= 4 is 23.8 Å². The third-order valence-electron chi connectivity index (χ3n) is 3.04. The standard InChI is InChI=1S/C11H20N2O4S/c1-18-5-3-9(10(15)16)12-11(17)13-4-2-8(6-13)7-14/h8-9,14H,2-7H2,1H3,(H,12,17)(H,15,16). The minimum atomic E-state index is -1.00. The zero-order valence-electron chi connectivity index (χ0n) is 10.5. The number of urea groups is 1. The lowest BCUT2D eigenvalue weighted by Crippen LogP contribution is -2.47. The fourth-order valence-electron chi connectivity index (χ4n) is 1.90. The highest BCUT2D eigenvalue weighted by Crippen LogP contribution is 2.15. The Hall–Kier alpha value is -0.950. The maximum Gasteiger partial charge on any atom is 0.326 e. The number of nitrogens with one attached hydrogen (secondary N) is 1. The summed E-state index contributed by atoms with van der Waals surface area (Å²) in [6.45, 7) is 1.14. The van der Waals surface area contributed by atoms with Crippen LogP contribution in [-0.2, 0) is 4.79 Å². The van der Waals surface area contributed by atoms with Gasteiger partial charge in [-0.15, -0.1) is 0 Å². The van der Waals surface area contributed by atoms with Crippen molar-refractivity contribution in [1.29, 1.82) is 0 Å². The van der Waals surface area contributed by atoms with Gasteiger partial charge in [-0.1, -0.05) is 0 Å². The summed E-state index contributed by atoms with van der Waals surface area (Å²) < 4.78 is 0. The van der Waals surface area contributed by atoms with Gasteiger partial charge in [-0.3, -0.25) is 0 Å². The number of carbonyl (C=O) groups excluding carboxylic acids is 1. The number of aliphatic carboxylic acids is 1. The Balaban J connectivity index is 2.43. The third-order valence-corrected chi connectivity index (χ3v) is 3.68. The van der Waals surface area contributed by atoms with Crippen LogP contribution in [0.5, 0.6) is 0 Å². The summed E-state index contributed by atoms with van der Waals surface area (Å²) >= 11 is 1.55. The quantitative estimate of drug-likeness (QED) is 0.645. The number of amides is 2. The molecule has 0 aromatic carbocycles. The molecule has 2 amide bonds. The van der Waals surface area contributed by atoms with E-state index in [0.717, 1.165) is 6.42 Å². The van der Waals surface area contributed by atoms with Gasteiger partial charge in [0, 0.05) is 25.6 Å². The molecule has 6 nitrogen and oxygen atoms in total. The molecule has 0 spiro atoms. The van der Waals surface area contributed by atoms with Crippen LogP contribution < -0.4 is 5.32 Å². The number of rotatable bonds is 6. The van der Waals surface area contributed by atoms with Crippen molar-refractivity contribution < 1.29 is 19.8 Å². The van der Waals surface area contributed by atoms with Crippen molar-refractivity contribution in [1.82, 2.24) is 10.2 Å². The highest BCUT2D eigenvalue weighted by molar-refractivity contribution is 7.98. The number of carboxylic acid groups (broad SMARTS) is 1. The van der Waals surface area contributed by atoms with Crippen LogP contribution in [0.1, 0.15) is 12.8 Å². The van der Waals surface area contributed by atoms with Gasteiger partial charge in [-0.2, -0.15) is 11.8 Å². The van der Waals surface area contributed by atoms with E-state index in [1.807, 2.05) is 6.26 Å². The normalized spacial score (nSPS) is 20.8. The zero-order chi connectivity index (χ0) is 13.5. The van der Waals surface area contributed by atoms with E-state index in [2.05, 4.69) is 5.32 Å². The molecule has 7 heteroatoms. The van der Waals surface area contributed by atoms with Crippen molar-refractivity contribution in [3.05, 3.63) is 0 Å². The molecule has 1 saturated heterocycles. The molecule has 1 rings (SSSR count). The lowest BCUT2D eigenvalue weighted by Gasteiger charge is -2.20. The van der Waals surface area contributed by atoms with E-state index < -0.39 is 12.0 Å². The molecule has 3 N–H and O–H groups in total. The first-order chi connectivity index (χ1) is 8.58. The number of likely N-dealkylation sites (tertiary alicyclic amines) is 1. The van der Waals surface area contributed by atoms with E-state index in [4.69, 9.17) is 10.2 Å². The summed E-state index contributed by atoms with van der Waals surface area (Å²) in [7, 11) is 0.